The van der Waals surface area contributed by atoms with Crippen molar-refractivity contribution in [3.05, 3.63) is 0 Å². The van der Waals surface area contributed by atoms with E-state index in [9.17, 15) is 4.79 Å². The average molecular weight is 215 g/mol. The summed E-state index contributed by atoms with van der Waals surface area (Å²) in [4.78, 5) is 13.6. The molecule has 0 aromatic heterocycles. The first kappa shape index (κ1) is 12.6. The van der Waals surface area contributed by atoms with E-state index in [0.29, 0.717) is 13.2 Å². The quantitative estimate of drug-likeness (QED) is 0.732. The Morgan fingerprint density at radius 3 is 2.80 bits per heavy atom. The Bertz CT molecular complexity index is 228. The smallest absolute Gasteiger partial charge is 0.136 e. The van der Waals surface area contributed by atoms with Crippen molar-refractivity contribution in [3.63, 3.8) is 0 Å². The molecule has 0 aliphatic carbocycles. The second kappa shape index (κ2) is 5.05. The van der Waals surface area contributed by atoms with Crippen LogP contribution in [0.1, 0.15) is 20.8 Å². The van der Waals surface area contributed by atoms with Gasteiger partial charge in [0.2, 0.25) is 0 Å². The topological polar surface area (TPSA) is 49.8 Å². The number of carbonyl (C=O) groups is 1. The van der Waals surface area contributed by atoms with E-state index in [-0.39, 0.29) is 23.9 Å². The van der Waals surface area contributed by atoms with Gasteiger partial charge >= 0.3 is 0 Å². The van der Waals surface area contributed by atoms with Crippen molar-refractivity contribution in [1.29, 1.82) is 0 Å². The minimum Gasteiger partial charge on any atom is -0.394 e. The van der Waals surface area contributed by atoms with Crippen molar-refractivity contribution in [2.24, 2.45) is 5.41 Å². The number of nitrogens with zero attached hydrogens (tertiary/aromatic N) is 1. The fourth-order valence-corrected chi connectivity index (χ4v) is 1.70. The number of carbonyl (C=O) groups excluding carboxylic acids is 1. The van der Waals surface area contributed by atoms with Crippen LogP contribution in [0.4, 0.5) is 0 Å². The Labute approximate surface area is 91.2 Å². The van der Waals surface area contributed by atoms with E-state index >= 15 is 0 Å². The van der Waals surface area contributed by atoms with Gasteiger partial charge in [-0.1, -0.05) is 13.8 Å². The predicted octanol–water partition coefficient (Wildman–Crippen LogP) is 0.295. The van der Waals surface area contributed by atoms with Crippen molar-refractivity contribution in [1.82, 2.24) is 4.90 Å². The fourth-order valence-electron chi connectivity index (χ4n) is 1.70. The second-order valence-corrected chi connectivity index (χ2v) is 4.85. The molecule has 0 saturated carbocycles. The zero-order valence-corrected chi connectivity index (χ0v) is 9.82. The molecule has 0 bridgehead atoms. The molecule has 1 rings (SSSR count). The molecule has 0 spiro atoms. The van der Waals surface area contributed by atoms with Crippen LogP contribution in [0.2, 0.25) is 0 Å². The van der Waals surface area contributed by atoms with Crippen molar-refractivity contribution in [3.8, 4) is 0 Å². The van der Waals surface area contributed by atoms with Gasteiger partial charge < -0.3 is 9.84 Å². The summed E-state index contributed by atoms with van der Waals surface area (Å²) in [5, 5.41) is 9.00. The maximum Gasteiger partial charge on any atom is 0.136 e. The SMILES string of the molecule is CC(=O)C(C)(C)CN1CCOC(CO)C1. The summed E-state index contributed by atoms with van der Waals surface area (Å²) in [5.41, 5.74) is -0.308. The van der Waals surface area contributed by atoms with Crippen molar-refractivity contribution in [2.45, 2.75) is 26.9 Å². The van der Waals surface area contributed by atoms with E-state index in [0.717, 1.165) is 13.1 Å². The minimum absolute atomic E-state index is 0.0526. The summed E-state index contributed by atoms with van der Waals surface area (Å²) in [6, 6.07) is 0. The van der Waals surface area contributed by atoms with Crippen molar-refractivity contribution < 1.29 is 14.6 Å². The molecule has 0 radical (unpaired) electrons. The number of hydrogen-bond donors (Lipinski definition) is 1. The number of morpholine rings is 1. The highest BCUT2D eigenvalue weighted by atomic mass is 16.5. The van der Waals surface area contributed by atoms with E-state index in [2.05, 4.69) is 4.90 Å². The van der Waals surface area contributed by atoms with E-state index in [1.807, 2.05) is 13.8 Å². The molecule has 1 heterocycles. The normalized spacial score (nSPS) is 24.1. The number of ether oxygens (including phenoxy) is 1. The summed E-state index contributed by atoms with van der Waals surface area (Å²) in [5.74, 6) is 0.203. The van der Waals surface area contributed by atoms with Crippen LogP contribution >= 0.6 is 0 Å². The van der Waals surface area contributed by atoms with Gasteiger partial charge in [0.15, 0.2) is 0 Å². The first-order chi connectivity index (χ1) is 6.95. The lowest BCUT2D eigenvalue weighted by molar-refractivity contribution is -0.127. The number of hydrogen-bond acceptors (Lipinski definition) is 4. The Morgan fingerprint density at radius 1 is 1.60 bits per heavy atom. The van der Waals surface area contributed by atoms with Crippen LogP contribution < -0.4 is 0 Å². The molecule has 0 amide bonds. The van der Waals surface area contributed by atoms with Gasteiger partial charge in [-0.3, -0.25) is 9.69 Å². The molecule has 88 valence electrons. The van der Waals surface area contributed by atoms with Gasteiger partial charge in [0, 0.05) is 25.0 Å². The van der Waals surface area contributed by atoms with E-state index < -0.39 is 0 Å². The Kier molecular flexibility index (Phi) is 4.25. The summed E-state index contributed by atoms with van der Waals surface area (Å²) in [6.45, 7) is 8.53. The molecular weight excluding hydrogens is 194 g/mol. The molecule has 4 nitrogen and oxygen atoms in total. The van der Waals surface area contributed by atoms with E-state index in [1.165, 1.54) is 0 Å². The summed E-state index contributed by atoms with van der Waals surface area (Å²) >= 11 is 0. The lowest BCUT2D eigenvalue weighted by atomic mass is 9.88. The Morgan fingerprint density at radius 2 is 2.27 bits per heavy atom. The predicted molar refractivity (Wildman–Crippen MR) is 57.7 cm³/mol. The van der Waals surface area contributed by atoms with Crippen LogP contribution in [-0.4, -0.2) is 54.7 Å². The molecular formula is C11H21NO3. The first-order valence-electron chi connectivity index (χ1n) is 5.41. The standard InChI is InChI=1S/C11H21NO3/c1-9(14)11(2,3)8-12-4-5-15-10(6-12)7-13/h10,13H,4-8H2,1-3H3. The molecule has 1 atom stereocenters. The molecule has 1 aliphatic heterocycles. The van der Waals surface area contributed by atoms with Crippen LogP contribution in [-0.2, 0) is 9.53 Å². The van der Waals surface area contributed by atoms with E-state index in [4.69, 9.17) is 9.84 Å². The first-order valence-corrected chi connectivity index (χ1v) is 5.41. The third-order valence-corrected chi connectivity index (χ3v) is 3.00. The monoisotopic (exact) mass is 215 g/mol. The molecule has 0 aromatic rings. The van der Waals surface area contributed by atoms with Gasteiger partial charge in [0.1, 0.15) is 5.78 Å². The highest BCUT2D eigenvalue weighted by Gasteiger charge is 2.29. The van der Waals surface area contributed by atoms with Gasteiger partial charge in [0.25, 0.3) is 0 Å². The fraction of sp³-hybridized carbons (Fsp3) is 0.909. The molecule has 1 saturated heterocycles. The van der Waals surface area contributed by atoms with Gasteiger partial charge in [-0.15, -0.1) is 0 Å². The van der Waals surface area contributed by atoms with Crippen LogP contribution in [0, 0.1) is 5.41 Å². The van der Waals surface area contributed by atoms with E-state index in [1.54, 1.807) is 6.92 Å². The summed E-state index contributed by atoms with van der Waals surface area (Å²) < 4.78 is 5.36. The number of rotatable bonds is 4. The third kappa shape index (κ3) is 3.55. The molecule has 15 heavy (non-hydrogen) atoms. The lowest BCUT2D eigenvalue weighted by Crippen LogP contribution is -2.48. The molecule has 4 heteroatoms. The average Bonchev–Trinajstić information content (AvgIpc) is 2.17. The zero-order valence-electron chi connectivity index (χ0n) is 9.82. The summed E-state index contributed by atoms with van der Waals surface area (Å²) in [7, 11) is 0. The highest BCUT2D eigenvalue weighted by molar-refractivity contribution is 5.81. The Hall–Kier alpha value is -0.450. The summed E-state index contributed by atoms with van der Waals surface area (Å²) in [6.07, 6.45) is -0.0958. The number of Topliss-reactive ketones (excluding diaryl/α,β-unsaturated/α-hetero) is 1. The van der Waals surface area contributed by atoms with Crippen LogP contribution in [0.5, 0.6) is 0 Å². The lowest BCUT2D eigenvalue weighted by Gasteiger charge is -2.36. The molecule has 1 N–H and O–H groups in total. The number of aliphatic hydroxyl groups excluding tert-OH is 1. The van der Waals surface area contributed by atoms with Crippen LogP contribution in [0.25, 0.3) is 0 Å². The number of ketones is 1. The highest BCUT2D eigenvalue weighted by Crippen LogP contribution is 2.19. The third-order valence-electron chi connectivity index (χ3n) is 3.00. The maximum absolute atomic E-state index is 11.4. The van der Waals surface area contributed by atoms with Gasteiger partial charge in [-0.05, 0) is 6.92 Å². The molecule has 1 aliphatic rings. The van der Waals surface area contributed by atoms with Crippen molar-refractivity contribution in [2.75, 3.05) is 32.8 Å². The Balaban J connectivity index is 2.47. The van der Waals surface area contributed by atoms with Crippen LogP contribution in [0.15, 0.2) is 0 Å². The molecule has 1 unspecified atom stereocenters. The largest absolute Gasteiger partial charge is 0.394 e. The van der Waals surface area contributed by atoms with Gasteiger partial charge in [-0.2, -0.15) is 0 Å². The molecule has 1 fully saturated rings. The zero-order chi connectivity index (χ0) is 11.5. The number of aliphatic hydroxyl groups is 1. The van der Waals surface area contributed by atoms with Crippen LogP contribution in [0.3, 0.4) is 0 Å². The van der Waals surface area contributed by atoms with Gasteiger partial charge in [-0.25, -0.2) is 0 Å². The van der Waals surface area contributed by atoms with Gasteiger partial charge in [0.05, 0.1) is 19.3 Å². The van der Waals surface area contributed by atoms with Crippen molar-refractivity contribution >= 4 is 5.78 Å². The second-order valence-electron chi connectivity index (χ2n) is 4.85. The maximum atomic E-state index is 11.4. The minimum atomic E-state index is -0.308. The molecule has 0 aromatic carbocycles.